The van der Waals surface area contributed by atoms with Crippen molar-refractivity contribution in [1.82, 2.24) is 29.9 Å². The molecule has 0 fully saturated rings. The second-order valence-corrected chi connectivity index (χ2v) is 7.38. The van der Waals surface area contributed by atoms with Gasteiger partial charge in [-0.05, 0) is 19.1 Å². The standard InChI is InChI=1S/C19H19N7O3S/c1-11-4-5-14(25-24-11)13-9-20-18(29-3)15-16(13)30-19(22-15)23-17(27)12-8-21-26(10-12)6-7-28-2/h4-5,8-10H,6-7H2,1-3H3,(H,22,23,27). The third-order valence-electron chi connectivity index (χ3n) is 4.29. The first-order valence-corrected chi connectivity index (χ1v) is 9.87. The van der Waals surface area contributed by atoms with E-state index in [0.717, 1.165) is 16.0 Å². The Balaban J connectivity index is 1.65. The van der Waals surface area contributed by atoms with E-state index in [0.29, 0.717) is 40.9 Å². The summed E-state index contributed by atoms with van der Waals surface area (Å²) >= 11 is 1.32. The van der Waals surface area contributed by atoms with Crippen molar-refractivity contribution in [2.24, 2.45) is 0 Å². The van der Waals surface area contributed by atoms with Crippen LogP contribution < -0.4 is 10.1 Å². The minimum absolute atomic E-state index is 0.304. The first kappa shape index (κ1) is 19.9. The third kappa shape index (κ3) is 3.98. The molecule has 0 saturated carbocycles. The number of hydrogen-bond donors (Lipinski definition) is 1. The molecule has 0 aliphatic heterocycles. The maximum atomic E-state index is 12.6. The van der Waals surface area contributed by atoms with Crippen LogP contribution in [0.3, 0.4) is 0 Å². The van der Waals surface area contributed by atoms with Crippen LogP contribution in [0.1, 0.15) is 16.1 Å². The van der Waals surface area contributed by atoms with Gasteiger partial charge < -0.3 is 9.47 Å². The number of thiazole rings is 1. The molecule has 0 radical (unpaired) electrons. The van der Waals surface area contributed by atoms with Gasteiger partial charge >= 0.3 is 0 Å². The van der Waals surface area contributed by atoms with Crippen LogP contribution in [0.15, 0.2) is 30.7 Å². The van der Waals surface area contributed by atoms with E-state index in [1.807, 2.05) is 19.1 Å². The summed E-state index contributed by atoms with van der Waals surface area (Å²) in [4.78, 5) is 21.5. The highest BCUT2D eigenvalue weighted by atomic mass is 32.1. The number of ether oxygens (including phenoxy) is 2. The maximum absolute atomic E-state index is 12.6. The molecular formula is C19H19N7O3S. The van der Waals surface area contributed by atoms with Crippen molar-refractivity contribution >= 4 is 32.6 Å². The first-order valence-electron chi connectivity index (χ1n) is 9.06. The fraction of sp³-hybridized carbons (Fsp3) is 0.263. The van der Waals surface area contributed by atoms with Gasteiger partial charge in [-0.2, -0.15) is 15.3 Å². The molecule has 0 aliphatic carbocycles. The lowest BCUT2D eigenvalue weighted by atomic mass is 10.2. The molecular weight excluding hydrogens is 406 g/mol. The van der Waals surface area contributed by atoms with Crippen LogP contribution >= 0.6 is 11.3 Å². The number of amides is 1. The minimum atomic E-state index is -0.304. The van der Waals surface area contributed by atoms with Crippen LogP contribution in [0.4, 0.5) is 5.13 Å². The Bertz CT molecular complexity index is 1190. The average molecular weight is 425 g/mol. The first-order chi connectivity index (χ1) is 14.6. The van der Waals surface area contributed by atoms with Gasteiger partial charge in [0.25, 0.3) is 5.91 Å². The Kier molecular flexibility index (Phi) is 5.63. The van der Waals surface area contributed by atoms with Crippen LogP contribution in [0.2, 0.25) is 0 Å². The zero-order valence-electron chi connectivity index (χ0n) is 16.6. The molecule has 11 heteroatoms. The van der Waals surface area contributed by atoms with E-state index in [-0.39, 0.29) is 5.91 Å². The van der Waals surface area contributed by atoms with E-state index >= 15 is 0 Å². The maximum Gasteiger partial charge on any atom is 0.260 e. The number of methoxy groups -OCH3 is 2. The lowest BCUT2D eigenvalue weighted by molar-refractivity contribution is 0.102. The van der Waals surface area contributed by atoms with E-state index in [1.165, 1.54) is 24.6 Å². The molecule has 0 bridgehead atoms. The molecule has 1 amide bonds. The van der Waals surface area contributed by atoms with Gasteiger partial charge in [0, 0.05) is 25.1 Å². The SMILES string of the molecule is COCCn1cc(C(=O)Nc2nc3c(OC)ncc(-c4ccc(C)nn4)c3s2)cn1. The summed E-state index contributed by atoms with van der Waals surface area (Å²) in [6.45, 7) is 2.95. The number of hydrogen-bond acceptors (Lipinski definition) is 9. The van der Waals surface area contributed by atoms with Gasteiger partial charge in [0.15, 0.2) is 5.13 Å². The predicted molar refractivity (Wildman–Crippen MR) is 112 cm³/mol. The number of fused-ring (bicyclic) bond motifs is 1. The molecule has 0 saturated heterocycles. The smallest absolute Gasteiger partial charge is 0.260 e. The van der Waals surface area contributed by atoms with Crippen molar-refractivity contribution < 1.29 is 14.3 Å². The summed E-state index contributed by atoms with van der Waals surface area (Å²) in [5.74, 6) is 0.0688. The van der Waals surface area contributed by atoms with Gasteiger partial charge in [-0.15, -0.1) is 0 Å². The van der Waals surface area contributed by atoms with E-state index < -0.39 is 0 Å². The number of anilines is 1. The number of nitrogens with one attached hydrogen (secondary N) is 1. The molecule has 30 heavy (non-hydrogen) atoms. The summed E-state index contributed by atoms with van der Waals surface area (Å²) in [5.41, 5.74) is 3.23. The van der Waals surface area contributed by atoms with Crippen molar-refractivity contribution in [3.8, 4) is 17.1 Å². The quantitative estimate of drug-likeness (QED) is 0.480. The van der Waals surface area contributed by atoms with Crippen molar-refractivity contribution in [3.63, 3.8) is 0 Å². The van der Waals surface area contributed by atoms with E-state index in [9.17, 15) is 4.79 Å². The van der Waals surface area contributed by atoms with Crippen molar-refractivity contribution in [3.05, 3.63) is 42.0 Å². The number of carbonyl (C=O) groups excluding carboxylic acids is 1. The number of carbonyl (C=O) groups is 1. The molecule has 4 rings (SSSR count). The molecule has 10 nitrogen and oxygen atoms in total. The van der Waals surface area contributed by atoms with Crippen LogP contribution in [0, 0.1) is 6.92 Å². The molecule has 0 unspecified atom stereocenters. The normalized spacial score (nSPS) is 11.0. The van der Waals surface area contributed by atoms with Gasteiger partial charge in [-0.1, -0.05) is 11.3 Å². The summed E-state index contributed by atoms with van der Waals surface area (Å²) in [6, 6.07) is 3.75. The molecule has 4 aromatic rings. The topological polar surface area (TPSA) is 117 Å². The van der Waals surface area contributed by atoms with Gasteiger partial charge in [-0.3, -0.25) is 14.8 Å². The average Bonchev–Trinajstić information content (AvgIpc) is 3.39. The van der Waals surface area contributed by atoms with Crippen LogP contribution in [-0.2, 0) is 11.3 Å². The monoisotopic (exact) mass is 425 g/mol. The van der Waals surface area contributed by atoms with Crippen LogP contribution in [0.5, 0.6) is 5.88 Å². The molecule has 0 spiro atoms. The second-order valence-electron chi connectivity index (χ2n) is 6.38. The Labute approximate surface area is 175 Å². The van der Waals surface area contributed by atoms with Gasteiger partial charge in [-0.25, -0.2) is 9.97 Å². The molecule has 4 aromatic heterocycles. The highest BCUT2D eigenvalue weighted by Gasteiger charge is 2.18. The number of nitrogens with zero attached hydrogens (tertiary/aromatic N) is 6. The number of aromatic nitrogens is 6. The molecule has 0 atom stereocenters. The highest BCUT2D eigenvalue weighted by Crippen LogP contribution is 2.37. The van der Waals surface area contributed by atoms with Crippen molar-refractivity contribution in [2.45, 2.75) is 13.5 Å². The third-order valence-corrected chi connectivity index (χ3v) is 5.30. The Morgan fingerprint density at radius 1 is 1.23 bits per heavy atom. The Hall–Kier alpha value is -3.44. The molecule has 1 N–H and O–H groups in total. The Morgan fingerprint density at radius 3 is 2.83 bits per heavy atom. The number of rotatable bonds is 7. The zero-order valence-corrected chi connectivity index (χ0v) is 17.4. The molecule has 0 aromatic carbocycles. The second kappa shape index (κ2) is 8.51. The summed E-state index contributed by atoms with van der Waals surface area (Å²) in [6.07, 6.45) is 4.84. The highest BCUT2D eigenvalue weighted by molar-refractivity contribution is 7.23. The minimum Gasteiger partial charge on any atom is -0.479 e. The van der Waals surface area contributed by atoms with E-state index in [1.54, 1.807) is 24.2 Å². The molecule has 4 heterocycles. The van der Waals surface area contributed by atoms with Gasteiger partial charge in [0.2, 0.25) is 5.88 Å². The fourth-order valence-corrected chi connectivity index (χ4v) is 3.75. The molecule has 0 aliphatic rings. The fourth-order valence-electron chi connectivity index (χ4n) is 2.78. The van der Waals surface area contributed by atoms with Crippen LogP contribution in [-0.4, -0.2) is 56.7 Å². The van der Waals surface area contributed by atoms with Crippen LogP contribution in [0.25, 0.3) is 21.5 Å². The number of aryl methyl sites for hydroxylation is 1. The largest absolute Gasteiger partial charge is 0.479 e. The molecule has 154 valence electrons. The van der Waals surface area contributed by atoms with E-state index in [2.05, 4.69) is 30.6 Å². The lowest BCUT2D eigenvalue weighted by Crippen LogP contribution is -2.11. The van der Waals surface area contributed by atoms with E-state index in [4.69, 9.17) is 9.47 Å². The number of pyridine rings is 1. The lowest BCUT2D eigenvalue weighted by Gasteiger charge is -2.04. The van der Waals surface area contributed by atoms with Crippen molar-refractivity contribution in [2.75, 3.05) is 26.1 Å². The van der Waals surface area contributed by atoms with Gasteiger partial charge in [0.1, 0.15) is 5.52 Å². The zero-order chi connectivity index (χ0) is 21.1. The Morgan fingerprint density at radius 2 is 2.10 bits per heavy atom. The summed E-state index contributed by atoms with van der Waals surface area (Å²) < 4.78 is 12.8. The predicted octanol–water partition coefficient (Wildman–Crippen LogP) is 2.56. The van der Waals surface area contributed by atoms with Crippen molar-refractivity contribution in [1.29, 1.82) is 0 Å². The summed E-state index contributed by atoms with van der Waals surface area (Å²) in [5, 5.41) is 15.8. The van der Waals surface area contributed by atoms with Gasteiger partial charge in [0.05, 0.1) is 48.1 Å². The summed E-state index contributed by atoms with van der Waals surface area (Å²) in [7, 11) is 3.14.